The van der Waals surface area contributed by atoms with Crippen molar-refractivity contribution in [3.63, 3.8) is 0 Å². The molecular formula is C14H18N4O4S2. The van der Waals surface area contributed by atoms with E-state index in [2.05, 4.69) is 15.5 Å². The summed E-state index contributed by atoms with van der Waals surface area (Å²) in [4.78, 5) is 19.0. The smallest absolute Gasteiger partial charge is 0.318 e. The number of amides is 2. The lowest BCUT2D eigenvalue weighted by atomic mass is 10.2. The van der Waals surface area contributed by atoms with E-state index in [1.807, 2.05) is 24.4 Å². The summed E-state index contributed by atoms with van der Waals surface area (Å²) in [6, 6.07) is 3.18. The van der Waals surface area contributed by atoms with Crippen LogP contribution in [-0.2, 0) is 16.4 Å². The molecule has 10 heteroatoms. The lowest BCUT2D eigenvalue weighted by Crippen LogP contribution is -2.46. The van der Waals surface area contributed by atoms with E-state index in [-0.39, 0.29) is 30.1 Å². The van der Waals surface area contributed by atoms with Crippen molar-refractivity contribution in [3.8, 4) is 10.8 Å². The molecule has 130 valence electrons. The molecule has 2 aromatic rings. The van der Waals surface area contributed by atoms with Gasteiger partial charge in [-0.15, -0.1) is 11.3 Å². The molecule has 0 saturated carbocycles. The molecule has 1 fully saturated rings. The highest BCUT2D eigenvalue weighted by Crippen LogP contribution is 2.22. The molecule has 1 aliphatic rings. The van der Waals surface area contributed by atoms with Crippen molar-refractivity contribution in [3.05, 3.63) is 23.3 Å². The fraction of sp³-hybridized carbons (Fsp3) is 0.500. The van der Waals surface area contributed by atoms with Crippen molar-refractivity contribution in [2.24, 2.45) is 0 Å². The summed E-state index contributed by atoms with van der Waals surface area (Å²) in [5.74, 6) is 0.959. The summed E-state index contributed by atoms with van der Waals surface area (Å²) in [5, 5.41) is 8.48. The molecule has 3 rings (SSSR count). The maximum atomic E-state index is 12.3. The van der Waals surface area contributed by atoms with E-state index in [1.54, 1.807) is 4.90 Å². The van der Waals surface area contributed by atoms with E-state index in [0.29, 0.717) is 24.7 Å². The Balaban J connectivity index is 1.58. The number of hydrogen-bond donors (Lipinski definition) is 1. The van der Waals surface area contributed by atoms with Crippen LogP contribution < -0.4 is 5.32 Å². The van der Waals surface area contributed by atoms with Gasteiger partial charge in [-0.1, -0.05) is 11.2 Å². The predicted octanol–water partition coefficient (Wildman–Crippen LogP) is 1.52. The Labute approximate surface area is 143 Å². The molecule has 1 saturated heterocycles. The van der Waals surface area contributed by atoms with Crippen LogP contribution in [0.2, 0.25) is 0 Å². The summed E-state index contributed by atoms with van der Waals surface area (Å²) >= 11 is 1.49. The summed E-state index contributed by atoms with van der Waals surface area (Å²) in [6.45, 7) is 2.40. The average Bonchev–Trinajstić information content (AvgIpc) is 3.26. The van der Waals surface area contributed by atoms with Crippen LogP contribution in [0, 0.1) is 0 Å². The van der Waals surface area contributed by atoms with Crippen molar-refractivity contribution in [1.29, 1.82) is 0 Å². The summed E-state index contributed by atoms with van der Waals surface area (Å²) in [6.07, 6.45) is 0.480. The van der Waals surface area contributed by atoms with Crippen molar-refractivity contribution in [2.75, 3.05) is 18.1 Å². The quantitative estimate of drug-likeness (QED) is 0.855. The molecule has 1 aliphatic heterocycles. The molecule has 0 aliphatic carbocycles. The molecule has 0 radical (unpaired) electrons. The minimum absolute atomic E-state index is 0.0268. The van der Waals surface area contributed by atoms with Crippen molar-refractivity contribution in [2.45, 2.75) is 25.9 Å². The van der Waals surface area contributed by atoms with E-state index in [9.17, 15) is 13.2 Å². The van der Waals surface area contributed by atoms with E-state index in [4.69, 9.17) is 4.52 Å². The van der Waals surface area contributed by atoms with Gasteiger partial charge in [0.25, 0.3) is 5.89 Å². The van der Waals surface area contributed by atoms with Crippen LogP contribution in [0.4, 0.5) is 4.79 Å². The van der Waals surface area contributed by atoms with E-state index in [0.717, 1.165) is 4.88 Å². The highest BCUT2D eigenvalue weighted by Gasteiger charge is 2.33. The maximum absolute atomic E-state index is 12.3. The normalized spacial score (nSPS) is 19.3. The van der Waals surface area contributed by atoms with Crippen LogP contribution >= 0.6 is 11.3 Å². The van der Waals surface area contributed by atoms with Gasteiger partial charge >= 0.3 is 6.03 Å². The first kappa shape index (κ1) is 16.9. The SMILES string of the molecule is CCN(C(=O)NCc1noc(-c2cccs2)n1)[C@@H]1CCS(=O)(=O)C1. The van der Waals surface area contributed by atoms with Gasteiger partial charge in [-0.3, -0.25) is 0 Å². The molecule has 0 spiro atoms. The number of carbonyl (C=O) groups excluding carboxylic acids is 1. The van der Waals surface area contributed by atoms with E-state index >= 15 is 0 Å². The summed E-state index contributed by atoms with van der Waals surface area (Å²) < 4.78 is 28.3. The summed E-state index contributed by atoms with van der Waals surface area (Å²) in [5.41, 5.74) is 0. The van der Waals surface area contributed by atoms with Gasteiger partial charge in [0.2, 0.25) is 0 Å². The van der Waals surface area contributed by atoms with Crippen molar-refractivity contribution in [1.82, 2.24) is 20.4 Å². The van der Waals surface area contributed by atoms with Crippen LogP contribution in [0.3, 0.4) is 0 Å². The third-order valence-corrected chi connectivity index (χ3v) is 6.46. The second kappa shape index (κ2) is 6.89. The second-order valence-corrected chi connectivity index (χ2v) is 8.67. The van der Waals surface area contributed by atoms with Crippen molar-refractivity contribution >= 4 is 27.2 Å². The lowest BCUT2D eigenvalue weighted by molar-refractivity contribution is 0.183. The molecule has 3 heterocycles. The molecule has 0 unspecified atom stereocenters. The Morgan fingerprint density at radius 3 is 3.00 bits per heavy atom. The molecule has 0 aromatic carbocycles. The number of rotatable bonds is 5. The van der Waals surface area contributed by atoms with Gasteiger partial charge in [0.1, 0.15) is 0 Å². The van der Waals surface area contributed by atoms with Crippen LogP contribution in [0.15, 0.2) is 22.0 Å². The number of aromatic nitrogens is 2. The fourth-order valence-electron chi connectivity index (χ4n) is 2.67. The average molecular weight is 370 g/mol. The first-order valence-corrected chi connectivity index (χ1v) is 10.3. The first-order chi connectivity index (χ1) is 11.5. The summed E-state index contributed by atoms with van der Waals surface area (Å²) in [7, 11) is -3.03. The zero-order valence-corrected chi connectivity index (χ0v) is 14.8. The van der Waals surface area contributed by atoms with Gasteiger partial charge in [-0.2, -0.15) is 4.98 Å². The molecule has 2 aromatic heterocycles. The molecule has 8 nitrogen and oxygen atoms in total. The Morgan fingerprint density at radius 2 is 2.38 bits per heavy atom. The van der Waals surface area contributed by atoms with Crippen molar-refractivity contribution < 1.29 is 17.7 Å². The van der Waals surface area contributed by atoms with Gasteiger partial charge in [0, 0.05) is 12.6 Å². The van der Waals surface area contributed by atoms with Crippen LogP contribution in [0.25, 0.3) is 10.8 Å². The topological polar surface area (TPSA) is 105 Å². The highest BCUT2D eigenvalue weighted by molar-refractivity contribution is 7.91. The zero-order chi connectivity index (χ0) is 17.2. The zero-order valence-electron chi connectivity index (χ0n) is 13.1. The molecule has 24 heavy (non-hydrogen) atoms. The van der Waals surface area contributed by atoms with Gasteiger partial charge in [-0.05, 0) is 24.8 Å². The van der Waals surface area contributed by atoms with Gasteiger partial charge < -0.3 is 14.7 Å². The minimum atomic E-state index is -3.03. The number of thiophene rings is 1. The number of sulfone groups is 1. The van der Waals surface area contributed by atoms with Crippen LogP contribution in [0.1, 0.15) is 19.2 Å². The Kier molecular flexibility index (Phi) is 4.86. The van der Waals surface area contributed by atoms with E-state index < -0.39 is 9.84 Å². The molecule has 0 bridgehead atoms. The maximum Gasteiger partial charge on any atom is 0.318 e. The standard InChI is InChI=1S/C14H18N4O4S2/c1-2-18(10-5-7-24(20,21)9-10)14(19)15-8-12-16-13(22-17-12)11-4-3-6-23-11/h3-4,6,10H,2,5,7-9H2,1H3,(H,15,19)/t10-/m1/s1. The molecular weight excluding hydrogens is 352 g/mol. The second-order valence-electron chi connectivity index (χ2n) is 5.49. The third kappa shape index (κ3) is 3.75. The monoisotopic (exact) mass is 370 g/mol. The largest absolute Gasteiger partial charge is 0.333 e. The number of hydrogen-bond acceptors (Lipinski definition) is 7. The number of nitrogens with zero attached hydrogens (tertiary/aromatic N) is 3. The number of carbonyl (C=O) groups is 1. The fourth-order valence-corrected chi connectivity index (χ4v) is 5.05. The molecule has 2 amide bonds. The Bertz CT molecular complexity index is 801. The third-order valence-electron chi connectivity index (χ3n) is 3.85. The molecule has 1 atom stereocenters. The highest BCUT2D eigenvalue weighted by atomic mass is 32.2. The molecule has 1 N–H and O–H groups in total. The van der Waals surface area contributed by atoms with Gasteiger partial charge in [-0.25, -0.2) is 13.2 Å². The Hall–Kier alpha value is -1.94. The van der Waals surface area contributed by atoms with Gasteiger partial charge in [0.05, 0.1) is 22.9 Å². The lowest BCUT2D eigenvalue weighted by Gasteiger charge is -2.26. The van der Waals surface area contributed by atoms with Crippen LogP contribution in [-0.4, -0.2) is 53.6 Å². The minimum Gasteiger partial charge on any atom is -0.333 e. The number of nitrogens with one attached hydrogen (secondary N) is 1. The Morgan fingerprint density at radius 1 is 1.54 bits per heavy atom. The predicted molar refractivity (Wildman–Crippen MR) is 89.3 cm³/mol. The van der Waals surface area contributed by atoms with E-state index in [1.165, 1.54) is 11.3 Å². The van der Waals surface area contributed by atoms with Gasteiger partial charge in [0.15, 0.2) is 15.7 Å². The van der Waals surface area contributed by atoms with Crippen LogP contribution in [0.5, 0.6) is 0 Å². The number of urea groups is 1. The first-order valence-electron chi connectivity index (χ1n) is 7.60.